The van der Waals surface area contributed by atoms with Crippen molar-refractivity contribution in [3.05, 3.63) is 34.4 Å². The van der Waals surface area contributed by atoms with E-state index in [-0.39, 0.29) is 36.0 Å². The van der Waals surface area contributed by atoms with E-state index in [1.54, 1.807) is 0 Å². The van der Waals surface area contributed by atoms with Crippen LogP contribution in [-0.4, -0.2) is 65.2 Å². The maximum absolute atomic E-state index is 12.7. The van der Waals surface area contributed by atoms with Crippen LogP contribution in [-0.2, 0) is 9.53 Å². The molecule has 1 aromatic carbocycles. The predicted molar refractivity (Wildman–Crippen MR) is 89.1 cm³/mol. The van der Waals surface area contributed by atoms with Crippen molar-refractivity contribution in [1.29, 1.82) is 0 Å². The molecule has 9 heteroatoms. The van der Waals surface area contributed by atoms with Crippen LogP contribution in [0.1, 0.15) is 13.8 Å². The molecule has 2 fully saturated rings. The number of anilines is 1. The fourth-order valence-corrected chi connectivity index (χ4v) is 3.05. The number of ether oxygens (including phenoxy) is 1. The summed E-state index contributed by atoms with van der Waals surface area (Å²) in [4.78, 5) is 39.9. The highest BCUT2D eigenvalue weighted by Crippen LogP contribution is 2.26. The highest BCUT2D eigenvalue weighted by Gasteiger charge is 2.39. The zero-order valence-corrected chi connectivity index (χ0v) is 14.1. The summed E-state index contributed by atoms with van der Waals surface area (Å²) in [6.45, 7) is 5.50. The van der Waals surface area contributed by atoms with E-state index < -0.39 is 11.0 Å². The van der Waals surface area contributed by atoms with Crippen LogP contribution in [0.3, 0.4) is 0 Å². The number of carbonyl (C=O) groups is 2. The Hall–Kier alpha value is -2.52. The van der Waals surface area contributed by atoms with Gasteiger partial charge in [0.15, 0.2) is 0 Å². The molecular formula is C16H20N4O5. The van der Waals surface area contributed by atoms with Gasteiger partial charge in [0, 0.05) is 24.7 Å². The van der Waals surface area contributed by atoms with Gasteiger partial charge in [-0.05, 0) is 19.9 Å². The number of carbonyl (C=O) groups excluding carboxylic acids is 2. The largest absolute Gasteiger partial charge is 0.376 e. The fourth-order valence-electron chi connectivity index (χ4n) is 3.05. The topological polar surface area (TPSA) is 96.2 Å². The molecule has 0 spiro atoms. The number of amides is 3. The molecular weight excluding hydrogens is 328 g/mol. The van der Waals surface area contributed by atoms with Gasteiger partial charge >= 0.3 is 6.03 Å². The molecule has 0 radical (unpaired) electrons. The molecule has 2 aliphatic rings. The van der Waals surface area contributed by atoms with Crippen molar-refractivity contribution in [3.8, 4) is 0 Å². The van der Waals surface area contributed by atoms with Gasteiger partial charge in [-0.1, -0.05) is 6.07 Å². The molecule has 0 N–H and O–H groups in total. The van der Waals surface area contributed by atoms with Gasteiger partial charge in [0.05, 0.1) is 30.0 Å². The molecule has 1 aromatic rings. The zero-order valence-electron chi connectivity index (χ0n) is 14.1. The third kappa shape index (κ3) is 3.47. The van der Waals surface area contributed by atoms with E-state index in [1.807, 2.05) is 13.8 Å². The van der Waals surface area contributed by atoms with E-state index in [0.717, 1.165) is 4.90 Å². The average molecular weight is 348 g/mol. The lowest BCUT2D eigenvalue weighted by atomic mass is 10.2. The summed E-state index contributed by atoms with van der Waals surface area (Å²) in [7, 11) is 0. The first kappa shape index (κ1) is 17.3. The van der Waals surface area contributed by atoms with Crippen molar-refractivity contribution >= 4 is 23.3 Å². The monoisotopic (exact) mass is 348 g/mol. The predicted octanol–water partition coefficient (Wildman–Crippen LogP) is 1.43. The molecule has 0 bridgehead atoms. The molecule has 2 atom stereocenters. The standard InChI is InChI=1S/C16H20N4O5/c1-11-9-25-12(2)7-17(11)10-18-8-15(21)19(16(18)22)13-4-3-5-14(6-13)20(23)24/h3-6,11-12H,7-10H2,1-2H3/t11-,12-/m0/s1. The van der Waals surface area contributed by atoms with Crippen molar-refractivity contribution in [3.63, 3.8) is 0 Å². The van der Waals surface area contributed by atoms with E-state index in [4.69, 9.17) is 4.74 Å². The lowest BCUT2D eigenvalue weighted by molar-refractivity contribution is -0.384. The van der Waals surface area contributed by atoms with Crippen LogP contribution >= 0.6 is 0 Å². The third-order valence-electron chi connectivity index (χ3n) is 4.43. The fraction of sp³-hybridized carbons (Fsp3) is 0.500. The second-order valence-electron chi connectivity index (χ2n) is 6.39. The number of benzene rings is 1. The smallest absolute Gasteiger partial charge is 0.332 e. The van der Waals surface area contributed by atoms with E-state index in [1.165, 1.54) is 29.2 Å². The zero-order chi connectivity index (χ0) is 18.1. The molecule has 2 aliphatic heterocycles. The molecule has 3 amide bonds. The first-order valence-electron chi connectivity index (χ1n) is 8.09. The first-order chi connectivity index (χ1) is 11.9. The van der Waals surface area contributed by atoms with Gasteiger partial charge in [-0.2, -0.15) is 0 Å². The Balaban J connectivity index is 1.76. The molecule has 9 nitrogen and oxygen atoms in total. The maximum Gasteiger partial charge on any atom is 0.332 e. The molecule has 0 aromatic heterocycles. The SMILES string of the molecule is C[C@H]1CN(CN2CC(=O)N(c3cccc([N+](=O)[O-])c3)C2=O)[C@@H](C)CO1. The molecule has 3 rings (SSSR count). The second kappa shape index (κ2) is 6.77. The highest BCUT2D eigenvalue weighted by molar-refractivity contribution is 6.19. The van der Waals surface area contributed by atoms with Gasteiger partial charge < -0.3 is 9.64 Å². The van der Waals surface area contributed by atoms with Crippen LogP contribution in [0, 0.1) is 10.1 Å². The number of nitrogens with zero attached hydrogens (tertiary/aromatic N) is 4. The average Bonchev–Trinajstić information content (AvgIpc) is 2.85. The van der Waals surface area contributed by atoms with Crippen LogP contribution in [0.25, 0.3) is 0 Å². The van der Waals surface area contributed by atoms with Gasteiger partial charge in [0.2, 0.25) is 0 Å². The Morgan fingerprint density at radius 3 is 2.80 bits per heavy atom. The van der Waals surface area contributed by atoms with Crippen molar-refractivity contribution in [2.75, 3.05) is 31.3 Å². The minimum atomic E-state index is -0.552. The van der Waals surface area contributed by atoms with Crippen molar-refractivity contribution in [2.24, 2.45) is 0 Å². The van der Waals surface area contributed by atoms with Crippen LogP contribution in [0.15, 0.2) is 24.3 Å². The number of nitro benzene ring substituents is 1. The van der Waals surface area contributed by atoms with E-state index in [0.29, 0.717) is 19.8 Å². The molecule has 2 saturated heterocycles. The number of hydrogen-bond acceptors (Lipinski definition) is 6. The highest BCUT2D eigenvalue weighted by atomic mass is 16.6. The van der Waals surface area contributed by atoms with Crippen molar-refractivity contribution in [1.82, 2.24) is 9.80 Å². The van der Waals surface area contributed by atoms with Crippen LogP contribution in [0.4, 0.5) is 16.2 Å². The van der Waals surface area contributed by atoms with Crippen LogP contribution in [0.2, 0.25) is 0 Å². The van der Waals surface area contributed by atoms with E-state index in [9.17, 15) is 19.7 Å². The van der Waals surface area contributed by atoms with Crippen LogP contribution in [0.5, 0.6) is 0 Å². The molecule has 25 heavy (non-hydrogen) atoms. The maximum atomic E-state index is 12.7. The second-order valence-corrected chi connectivity index (χ2v) is 6.39. The van der Waals surface area contributed by atoms with Gasteiger partial charge in [-0.3, -0.25) is 19.8 Å². The molecule has 0 saturated carbocycles. The van der Waals surface area contributed by atoms with E-state index >= 15 is 0 Å². The number of imide groups is 1. The molecule has 0 aliphatic carbocycles. The summed E-state index contributed by atoms with van der Waals surface area (Å²) < 4.78 is 5.57. The number of morpholine rings is 1. The minimum absolute atomic E-state index is 0.0417. The quantitative estimate of drug-likeness (QED) is 0.464. The van der Waals surface area contributed by atoms with Gasteiger partial charge in [0.25, 0.3) is 11.6 Å². The summed E-state index contributed by atoms with van der Waals surface area (Å²) in [6.07, 6.45) is 0.0671. The number of nitro groups is 1. The van der Waals surface area contributed by atoms with Gasteiger partial charge in [-0.15, -0.1) is 0 Å². The number of rotatable bonds is 4. The Labute approximate surface area is 144 Å². The molecule has 0 unspecified atom stereocenters. The summed E-state index contributed by atoms with van der Waals surface area (Å²) in [5, 5.41) is 10.9. The van der Waals surface area contributed by atoms with Crippen molar-refractivity contribution in [2.45, 2.75) is 26.0 Å². The molecule has 134 valence electrons. The van der Waals surface area contributed by atoms with Gasteiger partial charge in [0.1, 0.15) is 6.54 Å². The minimum Gasteiger partial charge on any atom is -0.376 e. The summed E-state index contributed by atoms with van der Waals surface area (Å²) in [5.74, 6) is -0.389. The lowest BCUT2D eigenvalue weighted by Gasteiger charge is -2.38. The summed E-state index contributed by atoms with van der Waals surface area (Å²) in [5.41, 5.74) is 0.0577. The molecule has 2 heterocycles. The van der Waals surface area contributed by atoms with E-state index in [2.05, 4.69) is 4.90 Å². The summed E-state index contributed by atoms with van der Waals surface area (Å²) >= 11 is 0. The summed E-state index contributed by atoms with van der Waals surface area (Å²) in [6, 6.07) is 5.22. The third-order valence-corrected chi connectivity index (χ3v) is 4.43. The Kier molecular flexibility index (Phi) is 4.69. The Morgan fingerprint density at radius 2 is 2.08 bits per heavy atom. The number of urea groups is 1. The lowest BCUT2D eigenvalue weighted by Crippen LogP contribution is -2.52. The normalized spacial score (nSPS) is 24.9. The number of non-ortho nitro benzene ring substituents is 1. The Morgan fingerprint density at radius 1 is 1.32 bits per heavy atom. The van der Waals surface area contributed by atoms with Gasteiger partial charge in [-0.25, -0.2) is 9.69 Å². The van der Waals surface area contributed by atoms with Crippen LogP contribution < -0.4 is 4.90 Å². The van der Waals surface area contributed by atoms with Crippen molar-refractivity contribution < 1.29 is 19.2 Å². The number of hydrogen-bond donors (Lipinski definition) is 0. The first-order valence-corrected chi connectivity index (χ1v) is 8.09. The Bertz CT molecular complexity index is 710.